The maximum Gasteiger partial charge on any atom is 0.246 e. The molecule has 0 unspecified atom stereocenters. The van der Waals surface area contributed by atoms with Gasteiger partial charge in [0.2, 0.25) is 5.91 Å². The molecule has 3 aromatic rings. The van der Waals surface area contributed by atoms with Gasteiger partial charge >= 0.3 is 0 Å². The van der Waals surface area contributed by atoms with Gasteiger partial charge in [-0.05, 0) is 30.3 Å². The lowest BCUT2D eigenvalue weighted by molar-refractivity contribution is -0.127. The zero-order valence-corrected chi connectivity index (χ0v) is 15.6. The van der Waals surface area contributed by atoms with Crippen LogP contribution in [0.25, 0.3) is 11.7 Å². The SMILES string of the molecule is O=C(/C=C/c1c(Cl)nc2ccccn12)N1CCN(Cc2ccccn2)CC1. The average Bonchev–Trinajstić information content (AvgIpc) is 3.02. The second-order valence-electron chi connectivity index (χ2n) is 6.47. The number of nitrogens with zero attached hydrogens (tertiary/aromatic N) is 5. The zero-order valence-electron chi connectivity index (χ0n) is 14.8. The average molecular weight is 382 g/mol. The van der Waals surface area contributed by atoms with Crippen LogP contribution in [0.15, 0.2) is 54.9 Å². The Bertz CT molecular complexity index is 961. The van der Waals surface area contributed by atoms with Crippen molar-refractivity contribution < 1.29 is 4.79 Å². The minimum atomic E-state index is -0.00515. The van der Waals surface area contributed by atoms with E-state index < -0.39 is 0 Å². The predicted molar refractivity (Wildman–Crippen MR) is 105 cm³/mol. The first-order chi connectivity index (χ1) is 13.2. The van der Waals surface area contributed by atoms with Gasteiger partial charge in [-0.25, -0.2) is 4.98 Å². The van der Waals surface area contributed by atoms with Gasteiger partial charge in [-0.2, -0.15) is 0 Å². The molecule has 6 nitrogen and oxygen atoms in total. The monoisotopic (exact) mass is 381 g/mol. The molecule has 3 aromatic heterocycles. The van der Waals surface area contributed by atoms with E-state index in [1.165, 1.54) is 0 Å². The van der Waals surface area contributed by atoms with Crippen LogP contribution >= 0.6 is 11.6 Å². The molecule has 0 N–H and O–H groups in total. The highest BCUT2D eigenvalue weighted by Crippen LogP contribution is 2.19. The maximum absolute atomic E-state index is 12.5. The number of carbonyl (C=O) groups excluding carboxylic acids is 1. The first-order valence-corrected chi connectivity index (χ1v) is 9.30. The lowest BCUT2D eigenvalue weighted by atomic mass is 10.2. The molecule has 4 rings (SSSR count). The van der Waals surface area contributed by atoms with Crippen molar-refractivity contribution in [2.45, 2.75) is 6.54 Å². The molecule has 7 heteroatoms. The van der Waals surface area contributed by atoms with Crippen LogP contribution in [-0.2, 0) is 11.3 Å². The van der Waals surface area contributed by atoms with E-state index in [1.54, 1.807) is 12.2 Å². The van der Waals surface area contributed by atoms with Gasteiger partial charge in [0, 0.05) is 51.2 Å². The largest absolute Gasteiger partial charge is 0.337 e. The summed E-state index contributed by atoms with van der Waals surface area (Å²) in [5.41, 5.74) is 2.53. The number of carbonyl (C=O) groups is 1. The Hall–Kier alpha value is -2.70. The first kappa shape index (κ1) is 17.7. The van der Waals surface area contributed by atoms with Crippen LogP contribution in [0.2, 0.25) is 5.15 Å². The maximum atomic E-state index is 12.5. The topological polar surface area (TPSA) is 53.7 Å². The number of aromatic nitrogens is 3. The molecule has 1 aliphatic heterocycles. The second kappa shape index (κ2) is 7.90. The van der Waals surface area contributed by atoms with Crippen LogP contribution < -0.4 is 0 Å². The summed E-state index contributed by atoms with van der Waals surface area (Å²) in [5, 5.41) is 0.394. The summed E-state index contributed by atoms with van der Waals surface area (Å²) in [4.78, 5) is 25.4. The second-order valence-corrected chi connectivity index (χ2v) is 6.83. The van der Waals surface area contributed by atoms with Crippen molar-refractivity contribution in [2.24, 2.45) is 0 Å². The van der Waals surface area contributed by atoms with Crippen molar-refractivity contribution in [3.05, 3.63) is 71.4 Å². The molecule has 0 spiro atoms. The molecular weight excluding hydrogens is 362 g/mol. The Morgan fingerprint density at radius 2 is 1.93 bits per heavy atom. The fraction of sp³-hybridized carbons (Fsp3) is 0.250. The molecule has 0 aromatic carbocycles. The summed E-state index contributed by atoms with van der Waals surface area (Å²) in [7, 11) is 0. The fourth-order valence-corrected chi connectivity index (χ4v) is 3.48. The highest BCUT2D eigenvalue weighted by atomic mass is 35.5. The third-order valence-electron chi connectivity index (χ3n) is 4.70. The summed E-state index contributed by atoms with van der Waals surface area (Å²) in [5.74, 6) is -0.00515. The molecule has 27 heavy (non-hydrogen) atoms. The standard InChI is InChI=1S/C20H20ClN5O/c21-20-17(26-10-4-2-6-18(26)23-20)7-8-19(27)25-13-11-24(12-14-25)15-16-5-1-3-9-22-16/h1-10H,11-15H2/b8-7+. The molecule has 1 saturated heterocycles. The molecule has 0 saturated carbocycles. The van der Waals surface area contributed by atoms with E-state index in [0.717, 1.165) is 36.7 Å². The van der Waals surface area contributed by atoms with E-state index >= 15 is 0 Å². The zero-order chi connectivity index (χ0) is 18.6. The molecule has 1 amide bonds. The number of piperazine rings is 1. The van der Waals surface area contributed by atoms with Gasteiger partial charge in [-0.1, -0.05) is 23.7 Å². The summed E-state index contributed by atoms with van der Waals surface area (Å²) < 4.78 is 1.87. The molecule has 0 bridgehead atoms. The van der Waals surface area contributed by atoms with E-state index in [9.17, 15) is 4.79 Å². The molecule has 4 heterocycles. The Labute approximate surface area is 162 Å². The lowest BCUT2D eigenvalue weighted by Crippen LogP contribution is -2.47. The van der Waals surface area contributed by atoms with Gasteiger partial charge in [0.25, 0.3) is 0 Å². The smallest absolute Gasteiger partial charge is 0.246 e. The first-order valence-electron chi connectivity index (χ1n) is 8.92. The van der Waals surface area contributed by atoms with E-state index in [4.69, 9.17) is 11.6 Å². The molecule has 1 fully saturated rings. The number of hydrogen-bond acceptors (Lipinski definition) is 4. The molecular formula is C20H20ClN5O. The van der Waals surface area contributed by atoms with Gasteiger partial charge in [0.1, 0.15) is 5.65 Å². The number of halogens is 1. The number of pyridine rings is 2. The summed E-state index contributed by atoms with van der Waals surface area (Å²) in [6.07, 6.45) is 7.02. The lowest BCUT2D eigenvalue weighted by Gasteiger charge is -2.34. The van der Waals surface area contributed by atoms with E-state index in [2.05, 4.69) is 14.9 Å². The minimum absolute atomic E-state index is 0.00515. The third kappa shape index (κ3) is 4.02. The van der Waals surface area contributed by atoms with Crippen molar-refractivity contribution in [1.29, 1.82) is 0 Å². The van der Waals surface area contributed by atoms with E-state index in [0.29, 0.717) is 18.2 Å². The summed E-state index contributed by atoms with van der Waals surface area (Å²) >= 11 is 6.21. The normalized spacial score (nSPS) is 15.7. The highest BCUT2D eigenvalue weighted by Gasteiger charge is 2.20. The van der Waals surface area contributed by atoms with Gasteiger partial charge in [0.05, 0.1) is 11.4 Å². The predicted octanol–water partition coefficient (Wildman–Crippen LogP) is 2.74. The molecule has 138 valence electrons. The van der Waals surface area contributed by atoms with Crippen LogP contribution in [-0.4, -0.2) is 56.3 Å². The number of fused-ring (bicyclic) bond motifs is 1. The minimum Gasteiger partial charge on any atom is -0.337 e. The quantitative estimate of drug-likeness (QED) is 0.652. The van der Waals surface area contributed by atoms with Gasteiger partial charge < -0.3 is 4.90 Å². The Morgan fingerprint density at radius 3 is 2.70 bits per heavy atom. The summed E-state index contributed by atoms with van der Waals surface area (Å²) in [6.45, 7) is 3.91. The van der Waals surface area contributed by atoms with Crippen LogP contribution in [0.5, 0.6) is 0 Å². The van der Waals surface area contributed by atoms with E-state index in [-0.39, 0.29) is 5.91 Å². The highest BCUT2D eigenvalue weighted by molar-refractivity contribution is 6.31. The van der Waals surface area contributed by atoms with Crippen LogP contribution in [0.4, 0.5) is 0 Å². The molecule has 0 aliphatic carbocycles. The van der Waals surface area contributed by atoms with Crippen LogP contribution in [0.3, 0.4) is 0 Å². The Morgan fingerprint density at radius 1 is 1.11 bits per heavy atom. The Kier molecular flexibility index (Phi) is 5.18. The van der Waals surface area contributed by atoms with Crippen molar-refractivity contribution in [3.63, 3.8) is 0 Å². The van der Waals surface area contributed by atoms with E-state index in [1.807, 2.05) is 58.1 Å². The Balaban J connectivity index is 1.37. The van der Waals surface area contributed by atoms with Crippen molar-refractivity contribution in [1.82, 2.24) is 24.2 Å². The number of hydrogen-bond donors (Lipinski definition) is 0. The van der Waals surface area contributed by atoms with Crippen molar-refractivity contribution in [3.8, 4) is 0 Å². The van der Waals surface area contributed by atoms with Crippen LogP contribution in [0.1, 0.15) is 11.4 Å². The van der Waals surface area contributed by atoms with Crippen molar-refractivity contribution >= 4 is 29.2 Å². The fourth-order valence-electron chi connectivity index (χ4n) is 3.24. The van der Waals surface area contributed by atoms with Crippen molar-refractivity contribution in [2.75, 3.05) is 26.2 Å². The summed E-state index contributed by atoms with van der Waals surface area (Å²) in [6, 6.07) is 11.6. The third-order valence-corrected chi connectivity index (χ3v) is 4.98. The van der Waals surface area contributed by atoms with Gasteiger partial charge in [0.15, 0.2) is 5.15 Å². The molecule has 1 aliphatic rings. The van der Waals surface area contributed by atoms with Crippen LogP contribution in [0, 0.1) is 0 Å². The van der Waals surface area contributed by atoms with Gasteiger partial charge in [-0.15, -0.1) is 0 Å². The number of imidazole rings is 1. The molecule has 0 atom stereocenters. The van der Waals surface area contributed by atoms with Gasteiger partial charge in [-0.3, -0.25) is 19.1 Å². The number of amides is 1. The number of rotatable bonds is 4. The molecule has 0 radical (unpaired) electrons.